The number of nitrogens with zero attached hydrogens (tertiary/aromatic N) is 2. The SMILES string of the molecule is CCC(C(=O)NC1CCCC1)N(Cc1ccc(OC)cc1)C(=O)CN(c1ccc(C)cc1)S(=O)(=O)c1ccc(F)cc1. The maximum Gasteiger partial charge on any atom is 0.264 e. The molecule has 3 aromatic carbocycles. The first-order valence-electron chi connectivity index (χ1n) is 14.2. The van der Waals surface area contributed by atoms with Crippen LogP contribution in [0.1, 0.15) is 50.2 Å². The third-order valence-corrected chi connectivity index (χ3v) is 9.39. The highest BCUT2D eigenvalue weighted by atomic mass is 32.2. The summed E-state index contributed by atoms with van der Waals surface area (Å²) in [6, 6.07) is 17.7. The summed E-state index contributed by atoms with van der Waals surface area (Å²) in [6.45, 7) is 3.25. The number of halogens is 1. The first-order chi connectivity index (χ1) is 20.1. The molecule has 42 heavy (non-hydrogen) atoms. The van der Waals surface area contributed by atoms with Crippen molar-refractivity contribution in [2.75, 3.05) is 18.0 Å². The molecule has 1 N–H and O–H groups in total. The number of carbonyl (C=O) groups is 2. The second-order valence-electron chi connectivity index (χ2n) is 10.6. The predicted octanol–water partition coefficient (Wildman–Crippen LogP) is 5.20. The number of hydrogen-bond donors (Lipinski definition) is 1. The minimum atomic E-state index is -4.26. The van der Waals surface area contributed by atoms with Crippen molar-refractivity contribution in [2.24, 2.45) is 0 Å². The zero-order valence-corrected chi connectivity index (χ0v) is 25.1. The Labute approximate surface area is 247 Å². The van der Waals surface area contributed by atoms with Gasteiger partial charge in [0.2, 0.25) is 11.8 Å². The fourth-order valence-electron chi connectivity index (χ4n) is 5.19. The van der Waals surface area contributed by atoms with Crippen molar-refractivity contribution in [1.29, 1.82) is 0 Å². The molecule has 3 aromatic rings. The Balaban J connectivity index is 1.70. The van der Waals surface area contributed by atoms with Gasteiger partial charge < -0.3 is 15.0 Å². The van der Waals surface area contributed by atoms with Gasteiger partial charge in [-0.25, -0.2) is 12.8 Å². The number of hydrogen-bond acceptors (Lipinski definition) is 5. The summed E-state index contributed by atoms with van der Waals surface area (Å²) in [5, 5.41) is 3.10. The smallest absolute Gasteiger partial charge is 0.264 e. The third-order valence-electron chi connectivity index (χ3n) is 7.60. The van der Waals surface area contributed by atoms with Gasteiger partial charge in [0, 0.05) is 12.6 Å². The van der Waals surface area contributed by atoms with Crippen LogP contribution in [0.25, 0.3) is 0 Å². The van der Waals surface area contributed by atoms with E-state index in [2.05, 4.69) is 5.32 Å². The van der Waals surface area contributed by atoms with Crippen molar-refractivity contribution in [3.8, 4) is 5.75 Å². The van der Waals surface area contributed by atoms with E-state index in [0.29, 0.717) is 12.2 Å². The topological polar surface area (TPSA) is 96.0 Å². The Kier molecular flexibility index (Phi) is 10.2. The summed E-state index contributed by atoms with van der Waals surface area (Å²) < 4.78 is 47.6. The number of carbonyl (C=O) groups excluding carboxylic acids is 2. The number of nitrogens with one attached hydrogen (secondary N) is 1. The van der Waals surface area contributed by atoms with Crippen LogP contribution in [0.4, 0.5) is 10.1 Å². The van der Waals surface area contributed by atoms with Crippen LogP contribution < -0.4 is 14.4 Å². The molecular formula is C32H38FN3O5S. The van der Waals surface area contributed by atoms with E-state index in [1.165, 1.54) is 17.0 Å². The highest BCUT2D eigenvalue weighted by Gasteiger charge is 2.34. The molecule has 0 aliphatic heterocycles. The lowest BCUT2D eigenvalue weighted by molar-refractivity contribution is -0.140. The van der Waals surface area contributed by atoms with Crippen molar-refractivity contribution < 1.29 is 27.1 Å². The van der Waals surface area contributed by atoms with Gasteiger partial charge in [0.15, 0.2) is 0 Å². The molecule has 8 nitrogen and oxygen atoms in total. The van der Waals surface area contributed by atoms with Gasteiger partial charge in [-0.3, -0.25) is 13.9 Å². The van der Waals surface area contributed by atoms with Crippen LogP contribution in [-0.2, 0) is 26.2 Å². The summed E-state index contributed by atoms with van der Waals surface area (Å²) in [5.74, 6) is -0.713. The number of methoxy groups -OCH3 is 1. The predicted molar refractivity (Wildman–Crippen MR) is 160 cm³/mol. The highest BCUT2D eigenvalue weighted by molar-refractivity contribution is 7.92. The summed E-state index contributed by atoms with van der Waals surface area (Å²) in [4.78, 5) is 29.0. The highest BCUT2D eigenvalue weighted by Crippen LogP contribution is 2.26. The molecule has 1 fully saturated rings. The molecule has 1 saturated carbocycles. The van der Waals surface area contributed by atoms with E-state index in [1.54, 1.807) is 43.5 Å². The van der Waals surface area contributed by atoms with Crippen LogP contribution in [0.5, 0.6) is 5.75 Å². The summed E-state index contributed by atoms with van der Waals surface area (Å²) >= 11 is 0. The van der Waals surface area contributed by atoms with E-state index in [4.69, 9.17) is 4.74 Å². The Morgan fingerprint density at radius 1 is 0.976 bits per heavy atom. The molecule has 0 spiro atoms. The molecule has 2 amide bonds. The van der Waals surface area contributed by atoms with E-state index in [0.717, 1.165) is 53.2 Å². The lowest BCUT2D eigenvalue weighted by atomic mass is 10.1. The number of aryl methyl sites for hydroxylation is 1. The van der Waals surface area contributed by atoms with Crippen molar-refractivity contribution in [3.63, 3.8) is 0 Å². The second kappa shape index (κ2) is 13.8. The fraction of sp³-hybridized carbons (Fsp3) is 0.375. The minimum Gasteiger partial charge on any atom is -0.497 e. The maximum atomic E-state index is 14.2. The lowest BCUT2D eigenvalue weighted by Crippen LogP contribution is -2.53. The van der Waals surface area contributed by atoms with Gasteiger partial charge in [0.05, 0.1) is 17.7 Å². The number of rotatable bonds is 12. The Bertz CT molecular complexity index is 1460. The Morgan fingerprint density at radius 2 is 1.60 bits per heavy atom. The molecule has 224 valence electrons. The second-order valence-corrected chi connectivity index (χ2v) is 12.4. The molecule has 0 aromatic heterocycles. The molecule has 0 radical (unpaired) electrons. The van der Waals surface area contributed by atoms with Crippen LogP contribution in [-0.4, -0.2) is 50.9 Å². The number of ether oxygens (including phenoxy) is 1. The molecule has 4 rings (SSSR count). The van der Waals surface area contributed by atoms with E-state index in [9.17, 15) is 22.4 Å². The minimum absolute atomic E-state index is 0.0624. The third kappa shape index (κ3) is 7.47. The van der Waals surface area contributed by atoms with Crippen molar-refractivity contribution in [3.05, 3.63) is 89.7 Å². The fourth-order valence-corrected chi connectivity index (χ4v) is 6.60. The van der Waals surface area contributed by atoms with Crippen LogP contribution in [0, 0.1) is 12.7 Å². The van der Waals surface area contributed by atoms with Crippen LogP contribution in [0.2, 0.25) is 0 Å². The van der Waals surface area contributed by atoms with Crippen LogP contribution >= 0.6 is 0 Å². The molecule has 1 unspecified atom stereocenters. The molecule has 1 atom stereocenters. The van der Waals surface area contributed by atoms with Crippen molar-refractivity contribution in [2.45, 2.75) is 69.5 Å². The first-order valence-corrected chi connectivity index (χ1v) is 15.6. The number of sulfonamides is 1. The summed E-state index contributed by atoms with van der Waals surface area (Å²) in [7, 11) is -2.70. The summed E-state index contributed by atoms with van der Waals surface area (Å²) in [6.07, 6.45) is 4.22. The van der Waals surface area contributed by atoms with Gasteiger partial charge in [-0.1, -0.05) is 49.6 Å². The quantitative estimate of drug-likeness (QED) is 0.310. The molecule has 1 aliphatic rings. The molecular weight excluding hydrogens is 557 g/mol. The number of anilines is 1. The first kappa shape index (κ1) is 31.0. The van der Waals surface area contributed by atoms with Gasteiger partial charge >= 0.3 is 0 Å². The normalized spacial score (nSPS) is 14.3. The number of benzene rings is 3. The monoisotopic (exact) mass is 595 g/mol. The van der Waals surface area contributed by atoms with Gasteiger partial charge in [0.1, 0.15) is 24.2 Å². The zero-order valence-electron chi connectivity index (χ0n) is 24.3. The van der Waals surface area contributed by atoms with Crippen LogP contribution in [0.15, 0.2) is 77.7 Å². The van der Waals surface area contributed by atoms with Gasteiger partial charge in [0.25, 0.3) is 10.0 Å². The Hall–Kier alpha value is -3.92. The molecule has 0 saturated heterocycles. The average Bonchev–Trinajstić information content (AvgIpc) is 3.49. The number of amides is 2. The standard InChI is InChI=1S/C32H38FN3O5S/c1-4-30(32(38)34-26-7-5-6-8-26)35(21-24-11-17-28(41-3)18-12-24)31(37)22-36(27-15-9-23(2)10-16-27)42(39,40)29-19-13-25(33)14-20-29/h9-20,26,30H,4-8,21-22H2,1-3H3,(H,34,38). The van der Waals surface area contributed by atoms with E-state index < -0.39 is 34.3 Å². The van der Waals surface area contributed by atoms with Crippen molar-refractivity contribution >= 4 is 27.5 Å². The van der Waals surface area contributed by atoms with E-state index in [-0.39, 0.29) is 29.1 Å². The lowest BCUT2D eigenvalue weighted by Gasteiger charge is -2.33. The van der Waals surface area contributed by atoms with Gasteiger partial charge in [-0.2, -0.15) is 0 Å². The van der Waals surface area contributed by atoms with Crippen LogP contribution in [0.3, 0.4) is 0 Å². The molecule has 0 bridgehead atoms. The zero-order chi connectivity index (χ0) is 30.3. The Morgan fingerprint density at radius 3 is 2.17 bits per heavy atom. The van der Waals surface area contributed by atoms with Gasteiger partial charge in [-0.05, 0) is 80.3 Å². The molecule has 0 heterocycles. The van der Waals surface area contributed by atoms with E-state index >= 15 is 0 Å². The summed E-state index contributed by atoms with van der Waals surface area (Å²) in [5.41, 5.74) is 1.96. The molecule has 10 heteroatoms. The average molecular weight is 596 g/mol. The van der Waals surface area contributed by atoms with Crippen molar-refractivity contribution in [1.82, 2.24) is 10.2 Å². The molecule has 1 aliphatic carbocycles. The largest absolute Gasteiger partial charge is 0.497 e. The van der Waals surface area contributed by atoms with E-state index in [1.807, 2.05) is 26.0 Å². The maximum absolute atomic E-state index is 14.2. The van der Waals surface area contributed by atoms with Gasteiger partial charge in [-0.15, -0.1) is 0 Å².